The number of amides is 2. The molecule has 1 atom stereocenters. The Morgan fingerprint density at radius 2 is 1.73 bits per heavy atom. The smallest absolute Gasteiger partial charge is 0.264 e. The van der Waals surface area contributed by atoms with Gasteiger partial charge in [-0.1, -0.05) is 79.4 Å². The van der Waals surface area contributed by atoms with Crippen molar-refractivity contribution in [2.75, 3.05) is 10.8 Å². The van der Waals surface area contributed by atoms with Crippen molar-refractivity contribution in [3.63, 3.8) is 0 Å². The number of anilines is 1. The lowest BCUT2D eigenvalue weighted by molar-refractivity contribution is -0.140. The number of benzene rings is 3. The Hall–Kier alpha value is -3.43. The molecule has 3 aromatic carbocycles. The Bertz CT molecular complexity index is 1480. The van der Waals surface area contributed by atoms with E-state index >= 15 is 0 Å². The maximum Gasteiger partial charge on any atom is 0.264 e. The van der Waals surface area contributed by atoms with Crippen molar-refractivity contribution in [3.8, 4) is 0 Å². The highest BCUT2D eigenvalue weighted by Crippen LogP contribution is 2.28. The summed E-state index contributed by atoms with van der Waals surface area (Å²) in [5, 5.41) is 2.82. The summed E-state index contributed by atoms with van der Waals surface area (Å²) in [6, 6.07) is 18.0. The molecular weight excluding hydrogens is 565 g/mol. The molecule has 7 nitrogen and oxygen atoms in total. The molecule has 41 heavy (non-hydrogen) atoms. The quantitative estimate of drug-likeness (QED) is 0.300. The second kappa shape index (κ2) is 13.5. The average Bonchev–Trinajstić information content (AvgIpc) is 3.46. The van der Waals surface area contributed by atoms with Crippen molar-refractivity contribution in [2.24, 2.45) is 0 Å². The van der Waals surface area contributed by atoms with E-state index in [1.807, 2.05) is 38.1 Å². The second-order valence-electron chi connectivity index (χ2n) is 10.3. The van der Waals surface area contributed by atoms with Crippen LogP contribution in [0.25, 0.3) is 0 Å². The fourth-order valence-electron chi connectivity index (χ4n) is 5.18. The highest BCUT2D eigenvalue weighted by molar-refractivity contribution is 7.92. The molecule has 1 unspecified atom stereocenters. The van der Waals surface area contributed by atoms with E-state index in [-0.39, 0.29) is 34.1 Å². The number of rotatable bonds is 11. The molecule has 218 valence electrons. The molecule has 10 heteroatoms. The van der Waals surface area contributed by atoms with Crippen LogP contribution in [-0.4, -0.2) is 43.8 Å². The summed E-state index contributed by atoms with van der Waals surface area (Å²) < 4.78 is 42.6. The third-order valence-corrected chi connectivity index (χ3v) is 9.40. The topological polar surface area (TPSA) is 86.8 Å². The maximum absolute atomic E-state index is 14.1. The molecule has 2 amide bonds. The Balaban J connectivity index is 1.72. The highest BCUT2D eigenvalue weighted by atomic mass is 35.5. The summed E-state index contributed by atoms with van der Waals surface area (Å²) >= 11 is 6.03. The second-order valence-corrected chi connectivity index (χ2v) is 12.6. The summed E-state index contributed by atoms with van der Waals surface area (Å²) in [7, 11) is -4.26. The van der Waals surface area contributed by atoms with Crippen LogP contribution >= 0.6 is 11.6 Å². The van der Waals surface area contributed by atoms with Gasteiger partial charge in [0, 0.05) is 12.6 Å². The van der Waals surface area contributed by atoms with E-state index in [9.17, 15) is 22.4 Å². The Kier molecular flexibility index (Phi) is 10.0. The van der Waals surface area contributed by atoms with E-state index in [1.54, 1.807) is 18.2 Å². The average molecular weight is 600 g/mol. The summed E-state index contributed by atoms with van der Waals surface area (Å²) in [6.45, 7) is 3.26. The summed E-state index contributed by atoms with van der Waals surface area (Å²) in [4.78, 5) is 29.0. The zero-order valence-corrected chi connectivity index (χ0v) is 24.8. The van der Waals surface area contributed by atoms with Gasteiger partial charge in [-0.25, -0.2) is 12.8 Å². The van der Waals surface area contributed by atoms with Crippen LogP contribution in [-0.2, 0) is 26.2 Å². The lowest BCUT2D eigenvalue weighted by atomic mass is 10.1. The van der Waals surface area contributed by atoms with E-state index in [0.717, 1.165) is 47.2 Å². The van der Waals surface area contributed by atoms with Crippen molar-refractivity contribution >= 4 is 39.1 Å². The monoisotopic (exact) mass is 599 g/mol. The molecule has 0 saturated heterocycles. The molecule has 0 heterocycles. The lowest BCUT2D eigenvalue weighted by Crippen LogP contribution is -2.53. The van der Waals surface area contributed by atoms with Crippen molar-refractivity contribution in [1.82, 2.24) is 10.2 Å². The summed E-state index contributed by atoms with van der Waals surface area (Å²) in [5.41, 5.74) is 1.84. The number of hydrogen-bond donors (Lipinski definition) is 1. The fraction of sp³-hybridized carbons (Fsp3) is 0.355. The third-order valence-electron chi connectivity index (χ3n) is 7.32. The van der Waals surface area contributed by atoms with Crippen LogP contribution in [0.2, 0.25) is 5.02 Å². The van der Waals surface area contributed by atoms with Gasteiger partial charge in [0.05, 0.1) is 15.6 Å². The number of aryl methyl sites for hydroxylation is 1. The molecule has 1 fully saturated rings. The van der Waals surface area contributed by atoms with Crippen molar-refractivity contribution in [1.29, 1.82) is 0 Å². The van der Waals surface area contributed by atoms with Crippen molar-refractivity contribution < 1.29 is 22.4 Å². The minimum Gasteiger partial charge on any atom is -0.352 e. The van der Waals surface area contributed by atoms with Crippen LogP contribution in [0.1, 0.15) is 50.2 Å². The highest BCUT2D eigenvalue weighted by Gasteiger charge is 2.34. The molecule has 1 aliphatic rings. The van der Waals surface area contributed by atoms with Gasteiger partial charge in [-0.05, 0) is 62.1 Å². The number of nitrogens with one attached hydrogen (secondary N) is 1. The van der Waals surface area contributed by atoms with Gasteiger partial charge in [-0.3, -0.25) is 13.9 Å². The Morgan fingerprint density at radius 1 is 1.02 bits per heavy atom. The van der Waals surface area contributed by atoms with Gasteiger partial charge < -0.3 is 10.2 Å². The van der Waals surface area contributed by atoms with E-state index in [1.165, 1.54) is 29.2 Å². The van der Waals surface area contributed by atoms with Crippen LogP contribution in [0.5, 0.6) is 0 Å². The summed E-state index contributed by atoms with van der Waals surface area (Å²) in [6.07, 6.45) is 4.20. The van der Waals surface area contributed by atoms with Crippen LogP contribution < -0.4 is 9.62 Å². The number of halogens is 2. The van der Waals surface area contributed by atoms with Gasteiger partial charge in [0.2, 0.25) is 11.8 Å². The van der Waals surface area contributed by atoms with Gasteiger partial charge in [-0.15, -0.1) is 0 Å². The van der Waals surface area contributed by atoms with Crippen LogP contribution in [0, 0.1) is 12.7 Å². The third kappa shape index (κ3) is 7.45. The van der Waals surface area contributed by atoms with Crippen LogP contribution in [0.15, 0.2) is 77.7 Å². The predicted molar refractivity (Wildman–Crippen MR) is 159 cm³/mol. The molecule has 1 N–H and O–H groups in total. The molecule has 3 aromatic rings. The van der Waals surface area contributed by atoms with E-state index in [0.29, 0.717) is 6.42 Å². The minimum absolute atomic E-state index is 0.0348. The zero-order chi connectivity index (χ0) is 29.6. The Labute approximate surface area is 246 Å². The lowest BCUT2D eigenvalue weighted by Gasteiger charge is -2.34. The number of sulfonamides is 1. The first-order valence-corrected chi connectivity index (χ1v) is 15.6. The normalized spacial score (nSPS) is 14.4. The fourth-order valence-corrected chi connectivity index (χ4v) is 6.78. The molecule has 0 bridgehead atoms. The molecule has 4 rings (SSSR count). The molecule has 1 saturated carbocycles. The number of nitrogens with zero attached hydrogens (tertiary/aromatic N) is 2. The standard InChI is InChI=1S/C31H35ClFN3O4S/c1-3-29(31(38)34-24-12-7-8-13-24)35(20-23-11-9-10-22(2)18-23)30(37)21-36(25-16-17-28(33)27(32)19-25)41(39,40)26-14-5-4-6-15-26/h4-6,9-11,14-19,24,29H,3,7-8,12-13,20-21H2,1-2H3,(H,34,38). The van der Waals surface area contributed by atoms with Crippen LogP contribution in [0.4, 0.5) is 10.1 Å². The van der Waals surface area contributed by atoms with Gasteiger partial charge >= 0.3 is 0 Å². The van der Waals surface area contributed by atoms with Crippen molar-refractivity contribution in [3.05, 3.63) is 94.8 Å². The Morgan fingerprint density at radius 3 is 2.37 bits per heavy atom. The summed E-state index contributed by atoms with van der Waals surface area (Å²) in [5.74, 6) is -1.54. The van der Waals surface area contributed by atoms with E-state index in [4.69, 9.17) is 11.6 Å². The van der Waals surface area contributed by atoms with E-state index < -0.39 is 34.3 Å². The first-order valence-electron chi connectivity index (χ1n) is 13.8. The van der Waals surface area contributed by atoms with Gasteiger partial charge in [0.1, 0.15) is 18.4 Å². The SMILES string of the molecule is CCC(C(=O)NC1CCCC1)N(Cc1cccc(C)c1)C(=O)CN(c1ccc(F)c(Cl)c1)S(=O)(=O)c1ccccc1. The zero-order valence-electron chi connectivity index (χ0n) is 23.2. The first-order chi connectivity index (χ1) is 19.6. The molecular formula is C31H35ClFN3O4S. The van der Waals surface area contributed by atoms with Crippen LogP contribution in [0.3, 0.4) is 0 Å². The molecule has 0 radical (unpaired) electrons. The largest absolute Gasteiger partial charge is 0.352 e. The van der Waals surface area contributed by atoms with E-state index in [2.05, 4.69) is 5.32 Å². The molecule has 0 aliphatic heterocycles. The van der Waals surface area contributed by atoms with Crippen molar-refractivity contribution in [2.45, 2.75) is 69.5 Å². The number of carbonyl (C=O) groups is 2. The number of carbonyl (C=O) groups excluding carboxylic acids is 2. The predicted octanol–water partition coefficient (Wildman–Crippen LogP) is 5.85. The molecule has 0 aromatic heterocycles. The molecule has 0 spiro atoms. The van der Waals surface area contributed by atoms with Gasteiger partial charge in [-0.2, -0.15) is 0 Å². The maximum atomic E-state index is 14.1. The minimum atomic E-state index is -4.26. The first kappa shape index (κ1) is 30.5. The number of hydrogen-bond acceptors (Lipinski definition) is 4. The van der Waals surface area contributed by atoms with Gasteiger partial charge in [0.15, 0.2) is 0 Å². The van der Waals surface area contributed by atoms with Gasteiger partial charge in [0.25, 0.3) is 10.0 Å². The molecule has 1 aliphatic carbocycles.